The van der Waals surface area contributed by atoms with Crippen molar-refractivity contribution >= 4 is 17.9 Å². The molecular formula is C28H47N3O6. The fourth-order valence-electron chi connectivity index (χ4n) is 3.92. The summed E-state index contributed by atoms with van der Waals surface area (Å²) in [7, 11) is 0. The first kappa shape index (κ1) is 32.2. The van der Waals surface area contributed by atoms with Crippen molar-refractivity contribution in [3.63, 3.8) is 0 Å². The van der Waals surface area contributed by atoms with Gasteiger partial charge in [0.25, 0.3) is 0 Å². The number of phenols is 1. The van der Waals surface area contributed by atoms with Gasteiger partial charge in [-0.15, -0.1) is 0 Å². The van der Waals surface area contributed by atoms with Crippen LogP contribution < -0.4 is 10.6 Å². The Morgan fingerprint density at radius 1 is 1.03 bits per heavy atom. The molecule has 0 fully saturated rings. The second-order valence-electron chi connectivity index (χ2n) is 10.4. The van der Waals surface area contributed by atoms with E-state index in [2.05, 4.69) is 24.5 Å². The van der Waals surface area contributed by atoms with Crippen molar-refractivity contribution in [3.8, 4) is 5.75 Å². The maximum Gasteiger partial charge on any atom is 0.408 e. The molecule has 0 aliphatic heterocycles. The highest BCUT2D eigenvalue weighted by Crippen LogP contribution is 2.27. The third-order valence-corrected chi connectivity index (χ3v) is 5.88. The minimum Gasteiger partial charge on any atom is -0.508 e. The van der Waals surface area contributed by atoms with Crippen molar-refractivity contribution in [2.24, 2.45) is 0 Å². The van der Waals surface area contributed by atoms with Crippen LogP contribution in [0.15, 0.2) is 18.2 Å². The Bertz CT molecular complexity index is 868. The summed E-state index contributed by atoms with van der Waals surface area (Å²) < 4.78 is 5.27. The van der Waals surface area contributed by atoms with Crippen LogP contribution in [-0.4, -0.2) is 64.4 Å². The summed E-state index contributed by atoms with van der Waals surface area (Å²) in [6.07, 6.45) is 5.46. The molecule has 210 valence electrons. The van der Waals surface area contributed by atoms with Gasteiger partial charge in [0.15, 0.2) is 0 Å². The summed E-state index contributed by atoms with van der Waals surface area (Å²) >= 11 is 0. The van der Waals surface area contributed by atoms with E-state index in [9.17, 15) is 24.6 Å². The van der Waals surface area contributed by atoms with Gasteiger partial charge in [0, 0.05) is 13.1 Å². The molecule has 0 aromatic heterocycles. The zero-order valence-electron chi connectivity index (χ0n) is 23.4. The summed E-state index contributed by atoms with van der Waals surface area (Å²) in [6.45, 7) is 11.1. The molecule has 0 aliphatic carbocycles. The number of rotatable bonds is 15. The Kier molecular flexibility index (Phi) is 14.0. The normalized spacial score (nSPS) is 12.9. The average molecular weight is 522 g/mol. The van der Waals surface area contributed by atoms with Crippen molar-refractivity contribution in [2.75, 3.05) is 19.7 Å². The van der Waals surface area contributed by atoms with Crippen LogP contribution in [0.5, 0.6) is 5.75 Å². The van der Waals surface area contributed by atoms with Gasteiger partial charge >= 0.3 is 6.09 Å². The number of aliphatic hydroxyl groups excluding tert-OH is 1. The van der Waals surface area contributed by atoms with Gasteiger partial charge in [-0.2, -0.15) is 0 Å². The van der Waals surface area contributed by atoms with Gasteiger partial charge in [-0.25, -0.2) is 4.79 Å². The van der Waals surface area contributed by atoms with E-state index in [-0.39, 0.29) is 18.2 Å². The Balaban J connectivity index is 3.37. The summed E-state index contributed by atoms with van der Waals surface area (Å²) in [5.74, 6) is -0.838. The molecule has 1 rings (SSSR count). The number of nitrogens with zero attached hydrogens (tertiary/aromatic N) is 1. The topological polar surface area (TPSA) is 128 Å². The number of carbonyl (C=O) groups excluding carboxylic acids is 3. The van der Waals surface area contributed by atoms with E-state index < -0.39 is 36.3 Å². The minimum absolute atomic E-state index is 0.0894. The van der Waals surface area contributed by atoms with Gasteiger partial charge in [-0.1, -0.05) is 52.0 Å². The monoisotopic (exact) mass is 521 g/mol. The van der Waals surface area contributed by atoms with Crippen LogP contribution in [0, 0.1) is 6.92 Å². The Labute approximate surface area is 222 Å². The molecule has 0 saturated carbocycles. The van der Waals surface area contributed by atoms with Gasteiger partial charge in [-0.3, -0.25) is 9.59 Å². The molecule has 0 bridgehead atoms. The van der Waals surface area contributed by atoms with Gasteiger partial charge in [0.05, 0.1) is 6.61 Å². The summed E-state index contributed by atoms with van der Waals surface area (Å²) in [5.41, 5.74) is 0.337. The van der Waals surface area contributed by atoms with Crippen LogP contribution in [0.1, 0.15) is 96.7 Å². The largest absolute Gasteiger partial charge is 0.508 e. The SMILES string of the molecule is CCCCCCN(C(=O)C(CO)NC(=O)OC(C)(C)C)C(C(=O)NCCCCC)c1ccc(O)c(C)c1. The highest BCUT2D eigenvalue weighted by atomic mass is 16.6. The van der Waals surface area contributed by atoms with Crippen LogP contribution in [0.25, 0.3) is 0 Å². The van der Waals surface area contributed by atoms with Crippen LogP contribution in [0.4, 0.5) is 4.79 Å². The fourth-order valence-corrected chi connectivity index (χ4v) is 3.92. The van der Waals surface area contributed by atoms with E-state index in [1.165, 1.54) is 11.0 Å². The Morgan fingerprint density at radius 2 is 1.68 bits per heavy atom. The van der Waals surface area contributed by atoms with Crippen molar-refractivity contribution in [1.82, 2.24) is 15.5 Å². The second kappa shape index (κ2) is 16.1. The Morgan fingerprint density at radius 3 is 2.24 bits per heavy atom. The number of carbonyl (C=O) groups is 3. The summed E-state index contributed by atoms with van der Waals surface area (Å²) in [4.78, 5) is 41.1. The lowest BCUT2D eigenvalue weighted by Gasteiger charge is -2.34. The van der Waals surface area contributed by atoms with Crippen LogP contribution in [0.3, 0.4) is 0 Å². The lowest BCUT2D eigenvalue weighted by atomic mass is 9.99. The standard InChI is InChI=1S/C28H47N3O6/c1-7-9-11-13-17-31(26(35)22(19-32)30-27(36)37-28(4,5)6)24(25(34)29-16-12-10-8-2)21-14-15-23(33)20(3)18-21/h14-15,18,22,24,32-33H,7-13,16-17,19H2,1-6H3,(H,29,34)(H,30,36). The molecular weight excluding hydrogens is 474 g/mol. The van der Waals surface area contributed by atoms with Crippen molar-refractivity contribution in [2.45, 2.75) is 104 Å². The number of aromatic hydroxyl groups is 1. The lowest BCUT2D eigenvalue weighted by Crippen LogP contribution is -2.54. The van der Waals surface area contributed by atoms with Crippen LogP contribution in [0.2, 0.25) is 0 Å². The van der Waals surface area contributed by atoms with E-state index in [4.69, 9.17) is 4.74 Å². The van der Waals surface area contributed by atoms with Gasteiger partial charge < -0.3 is 30.5 Å². The number of hydrogen-bond acceptors (Lipinski definition) is 6. The second-order valence-corrected chi connectivity index (χ2v) is 10.4. The average Bonchev–Trinajstić information content (AvgIpc) is 2.82. The first-order valence-corrected chi connectivity index (χ1v) is 13.4. The summed E-state index contributed by atoms with van der Waals surface area (Å²) in [5, 5.41) is 25.5. The molecule has 1 aromatic rings. The number of unbranched alkanes of at least 4 members (excludes halogenated alkanes) is 5. The van der Waals surface area contributed by atoms with Gasteiger partial charge in [-0.05, 0) is 63.8 Å². The number of phenolic OH excluding ortho intramolecular Hbond substituents is 1. The number of aryl methyl sites for hydroxylation is 1. The number of ether oxygens (including phenoxy) is 1. The molecule has 0 spiro atoms. The lowest BCUT2D eigenvalue weighted by molar-refractivity contribution is -0.143. The summed E-state index contributed by atoms with van der Waals surface area (Å²) in [6, 6.07) is 2.54. The van der Waals surface area contributed by atoms with Gasteiger partial charge in [0.1, 0.15) is 23.4 Å². The molecule has 0 saturated heterocycles. The number of nitrogens with one attached hydrogen (secondary N) is 2. The number of amides is 3. The highest BCUT2D eigenvalue weighted by molar-refractivity contribution is 5.92. The predicted molar refractivity (Wildman–Crippen MR) is 144 cm³/mol. The molecule has 2 atom stereocenters. The first-order valence-electron chi connectivity index (χ1n) is 13.4. The minimum atomic E-state index is -1.28. The molecule has 4 N–H and O–H groups in total. The smallest absolute Gasteiger partial charge is 0.408 e. The van der Waals surface area contributed by atoms with E-state index >= 15 is 0 Å². The Hall–Kier alpha value is -2.81. The zero-order chi connectivity index (χ0) is 28.0. The third-order valence-electron chi connectivity index (χ3n) is 5.88. The fraction of sp³-hybridized carbons (Fsp3) is 0.679. The number of benzene rings is 1. The molecule has 9 heteroatoms. The van der Waals surface area contributed by atoms with E-state index in [1.807, 2.05) is 0 Å². The van der Waals surface area contributed by atoms with Gasteiger partial charge in [0.2, 0.25) is 11.8 Å². The quantitative estimate of drug-likeness (QED) is 0.254. The maximum absolute atomic E-state index is 13.8. The molecule has 1 aromatic carbocycles. The third kappa shape index (κ3) is 11.4. The van der Waals surface area contributed by atoms with Crippen molar-refractivity contribution in [3.05, 3.63) is 29.3 Å². The predicted octanol–water partition coefficient (Wildman–Crippen LogP) is 4.34. The van der Waals surface area contributed by atoms with E-state index in [0.717, 1.165) is 38.5 Å². The van der Waals surface area contributed by atoms with Crippen molar-refractivity contribution in [1.29, 1.82) is 0 Å². The van der Waals surface area contributed by atoms with E-state index in [0.29, 0.717) is 24.1 Å². The molecule has 0 aliphatic rings. The molecule has 2 unspecified atom stereocenters. The van der Waals surface area contributed by atoms with Crippen molar-refractivity contribution < 1.29 is 29.3 Å². The first-order chi connectivity index (χ1) is 17.4. The molecule has 0 heterocycles. The number of alkyl carbamates (subject to hydrolysis) is 1. The number of hydrogen-bond donors (Lipinski definition) is 4. The molecule has 0 radical (unpaired) electrons. The van der Waals surface area contributed by atoms with Crippen LogP contribution in [-0.2, 0) is 14.3 Å². The molecule has 3 amide bonds. The zero-order valence-corrected chi connectivity index (χ0v) is 23.4. The van der Waals surface area contributed by atoms with E-state index in [1.54, 1.807) is 39.8 Å². The highest BCUT2D eigenvalue weighted by Gasteiger charge is 2.36. The molecule has 37 heavy (non-hydrogen) atoms. The number of aliphatic hydroxyl groups is 1. The van der Waals surface area contributed by atoms with Crippen LogP contribution >= 0.6 is 0 Å². The maximum atomic E-state index is 13.8. The molecule has 9 nitrogen and oxygen atoms in total.